The normalized spacial score (nSPS) is 11.1. The van der Waals surface area contributed by atoms with Crippen LogP contribution in [0.15, 0.2) is 54.7 Å². The van der Waals surface area contributed by atoms with E-state index in [9.17, 15) is 4.79 Å². The Hall–Kier alpha value is -2.59. The lowest BCUT2D eigenvalue weighted by molar-refractivity contribution is 0.0708. The summed E-state index contributed by atoms with van der Waals surface area (Å²) in [7, 11) is 0. The lowest BCUT2D eigenvalue weighted by Gasteiger charge is -2.08. The summed E-state index contributed by atoms with van der Waals surface area (Å²) in [5.74, 6) is 0.0198. The van der Waals surface area contributed by atoms with Gasteiger partial charge >= 0.3 is 0 Å². The van der Waals surface area contributed by atoms with Crippen molar-refractivity contribution in [3.05, 3.63) is 71.4 Å². The molecule has 1 amide bonds. The van der Waals surface area contributed by atoms with Gasteiger partial charge in [0, 0.05) is 23.6 Å². The smallest absolute Gasteiger partial charge is 0.276 e. The van der Waals surface area contributed by atoms with E-state index in [0.717, 1.165) is 10.9 Å². The molecule has 4 heteroatoms. The summed E-state index contributed by atoms with van der Waals surface area (Å²) >= 11 is 0. The van der Waals surface area contributed by atoms with Crippen LogP contribution in [-0.4, -0.2) is 15.7 Å². The van der Waals surface area contributed by atoms with E-state index in [1.54, 1.807) is 11.7 Å². The average molecular weight is 308 g/mol. The van der Waals surface area contributed by atoms with E-state index in [2.05, 4.69) is 38.1 Å². The number of fused-ring (bicyclic) bond motifs is 1. The second-order valence-electron chi connectivity index (χ2n) is 6.03. The van der Waals surface area contributed by atoms with Crippen molar-refractivity contribution in [3.8, 4) is 0 Å². The second kappa shape index (κ2) is 6.26. The molecule has 0 fully saturated rings. The van der Waals surface area contributed by atoms with Crippen LogP contribution < -0.4 is 5.48 Å². The topological polar surface area (TPSA) is 54.3 Å². The van der Waals surface area contributed by atoms with Gasteiger partial charge in [0.1, 0.15) is 0 Å². The summed E-state index contributed by atoms with van der Waals surface area (Å²) in [6.07, 6.45) is 1.78. The van der Waals surface area contributed by atoms with Gasteiger partial charge in [0.25, 0.3) is 5.91 Å². The number of benzene rings is 2. The Morgan fingerprint density at radius 3 is 2.48 bits per heavy atom. The highest BCUT2D eigenvalue weighted by Gasteiger charge is 2.14. The maximum absolute atomic E-state index is 11.8. The van der Waals surface area contributed by atoms with Crippen LogP contribution in [0.1, 0.15) is 41.3 Å². The molecule has 0 unspecified atom stereocenters. The van der Waals surface area contributed by atoms with E-state index in [4.69, 9.17) is 5.21 Å². The van der Waals surface area contributed by atoms with E-state index in [0.29, 0.717) is 18.0 Å². The third-order valence-electron chi connectivity index (χ3n) is 4.13. The fraction of sp³-hybridized carbons (Fsp3) is 0.211. The van der Waals surface area contributed by atoms with Gasteiger partial charge in [-0.05, 0) is 23.1 Å². The molecule has 23 heavy (non-hydrogen) atoms. The monoisotopic (exact) mass is 308 g/mol. The standard InChI is InChI=1S/C19H20N2O2/c1-13(2)15-9-7-14(8-10-15)11-21-12-17(19(22)20-23)16-5-3-4-6-18(16)21/h3-10,12-13,23H,11H2,1-2H3,(H,20,22). The van der Waals surface area contributed by atoms with Crippen LogP contribution in [0.4, 0.5) is 0 Å². The quantitative estimate of drug-likeness (QED) is 0.567. The minimum Gasteiger partial charge on any atom is -0.342 e. The zero-order valence-electron chi connectivity index (χ0n) is 13.3. The highest BCUT2D eigenvalue weighted by atomic mass is 16.5. The number of hydrogen-bond donors (Lipinski definition) is 2. The molecule has 1 heterocycles. The van der Waals surface area contributed by atoms with Crippen molar-refractivity contribution >= 4 is 16.8 Å². The molecule has 2 aromatic carbocycles. The fourth-order valence-electron chi connectivity index (χ4n) is 2.82. The van der Waals surface area contributed by atoms with Crippen LogP contribution in [0.25, 0.3) is 10.9 Å². The first-order valence-corrected chi connectivity index (χ1v) is 7.71. The van der Waals surface area contributed by atoms with Gasteiger partial charge in [-0.3, -0.25) is 10.0 Å². The molecular formula is C19H20N2O2. The molecule has 118 valence electrons. The first-order valence-electron chi connectivity index (χ1n) is 7.71. The molecule has 3 rings (SSSR count). The van der Waals surface area contributed by atoms with E-state index >= 15 is 0 Å². The van der Waals surface area contributed by atoms with Crippen LogP contribution >= 0.6 is 0 Å². The van der Waals surface area contributed by atoms with Crippen LogP contribution in [-0.2, 0) is 6.54 Å². The van der Waals surface area contributed by atoms with Crippen LogP contribution in [0, 0.1) is 0 Å². The van der Waals surface area contributed by atoms with Gasteiger partial charge in [-0.1, -0.05) is 56.3 Å². The molecule has 0 bridgehead atoms. The highest BCUT2D eigenvalue weighted by molar-refractivity contribution is 6.06. The predicted octanol–water partition coefficient (Wildman–Crippen LogP) is 3.93. The Labute approximate surface area is 135 Å². The number of nitrogens with zero attached hydrogens (tertiary/aromatic N) is 1. The van der Waals surface area contributed by atoms with Gasteiger partial charge in [0.2, 0.25) is 0 Å². The maximum atomic E-state index is 11.8. The molecule has 0 saturated carbocycles. The lowest BCUT2D eigenvalue weighted by atomic mass is 10.0. The Bertz CT molecular complexity index is 832. The molecule has 3 aromatic rings. The molecule has 0 aliphatic carbocycles. The summed E-state index contributed by atoms with van der Waals surface area (Å²) in [4.78, 5) is 11.8. The fourth-order valence-corrected chi connectivity index (χ4v) is 2.82. The molecule has 0 spiro atoms. The summed E-state index contributed by atoms with van der Waals surface area (Å²) in [6.45, 7) is 5.03. The number of para-hydroxylation sites is 1. The first-order chi connectivity index (χ1) is 11.1. The molecule has 4 nitrogen and oxygen atoms in total. The van der Waals surface area contributed by atoms with Crippen LogP contribution in [0.5, 0.6) is 0 Å². The molecule has 1 aromatic heterocycles. The number of amides is 1. The number of rotatable bonds is 4. The molecule has 0 aliphatic heterocycles. The Kier molecular flexibility index (Phi) is 4.17. The van der Waals surface area contributed by atoms with Gasteiger partial charge in [0.15, 0.2) is 0 Å². The van der Waals surface area contributed by atoms with Crippen LogP contribution in [0.2, 0.25) is 0 Å². The van der Waals surface area contributed by atoms with E-state index in [1.807, 2.05) is 28.8 Å². The molecule has 0 aliphatic rings. The summed E-state index contributed by atoms with van der Waals surface area (Å²) in [5, 5.41) is 9.75. The van der Waals surface area contributed by atoms with Crippen molar-refractivity contribution in [2.24, 2.45) is 0 Å². The molecule has 2 N–H and O–H groups in total. The van der Waals surface area contributed by atoms with Gasteiger partial charge in [-0.25, -0.2) is 5.48 Å². The minimum atomic E-state index is -0.491. The van der Waals surface area contributed by atoms with E-state index < -0.39 is 5.91 Å². The molecular weight excluding hydrogens is 288 g/mol. The summed E-state index contributed by atoms with van der Waals surface area (Å²) in [6, 6.07) is 16.2. The second-order valence-corrected chi connectivity index (χ2v) is 6.03. The Morgan fingerprint density at radius 1 is 1.13 bits per heavy atom. The zero-order valence-corrected chi connectivity index (χ0v) is 13.3. The predicted molar refractivity (Wildman–Crippen MR) is 90.8 cm³/mol. The summed E-state index contributed by atoms with van der Waals surface area (Å²) in [5.41, 5.74) is 5.65. The number of nitrogens with one attached hydrogen (secondary N) is 1. The summed E-state index contributed by atoms with van der Waals surface area (Å²) < 4.78 is 2.03. The molecule has 0 radical (unpaired) electrons. The van der Waals surface area contributed by atoms with E-state index in [-0.39, 0.29) is 0 Å². The largest absolute Gasteiger partial charge is 0.342 e. The van der Waals surface area contributed by atoms with E-state index in [1.165, 1.54) is 11.1 Å². The maximum Gasteiger partial charge on any atom is 0.276 e. The van der Waals surface area contributed by atoms with Crippen molar-refractivity contribution < 1.29 is 10.0 Å². The highest BCUT2D eigenvalue weighted by Crippen LogP contribution is 2.23. The van der Waals surface area contributed by atoms with Crippen molar-refractivity contribution in [1.82, 2.24) is 10.0 Å². The van der Waals surface area contributed by atoms with Crippen molar-refractivity contribution in [3.63, 3.8) is 0 Å². The lowest BCUT2D eigenvalue weighted by Crippen LogP contribution is -2.18. The first kappa shape index (κ1) is 15.3. The number of carbonyl (C=O) groups excluding carboxylic acids is 1. The third kappa shape index (κ3) is 2.98. The average Bonchev–Trinajstić information content (AvgIpc) is 2.93. The number of hydrogen-bond acceptors (Lipinski definition) is 2. The van der Waals surface area contributed by atoms with Gasteiger partial charge < -0.3 is 4.57 Å². The molecule has 0 atom stereocenters. The van der Waals surface area contributed by atoms with Gasteiger partial charge in [-0.2, -0.15) is 0 Å². The minimum absolute atomic E-state index is 0.474. The van der Waals surface area contributed by atoms with Crippen LogP contribution in [0.3, 0.4) is 0 Å². The Morgan fingerprint density at radius 2 is 1.83 bits per heavy atom. The van der Waals surface area contributed by atoms with Crippen molar-refractivity contribution in [1.29, 1.82) is 0 Å². The number of carbonyl (C=O) groups is 1. The van der Waals surface area contributed by atoms with Crippen molar-refractivity contribution in [2.75, 3.05) is 0 Å². The van der Waals surface area contributed by atoms with Crippen molar-refractivity contribution in [2.45, 2.75) is 26.3 Å². The third-order valence-corrected chi connectivity index (χ3v) is 4.13. The molecule has 0 saturated heterocycles. The number of hydroxylamine groups is 1. The van der Waals surface area contributed by atoms with Gasteiger partial charge in [-0.15, -0.1) is 0 Å². The Balaban J connectivity index is 1.98. The number of aromatic nitrogens is 1. The van der Waals surface area contributed by atoms with Gasteiger partial charge in [0.05, 0.1) is 5.56 Å². The SMILES string of the molecule is CC(C)c1ccc(Cn2cc(C(=O)NO)c3ccccc32)cc1. The zero-order chi connectivity index (χ0) is 16.4.